The summed E-state index contributed by atoms with van der Waals surface area (Å²) in [7, 11) is 0. The Bertz CT molecular complexity index is 298. The maximum atomic E-state index is 9.42. The number of aliphatic hydroxyl groups excluding tert-OH is 1. The van der Waals surface area contributed by atoms with Gasteiger partial charge in [-0.1, -0.05) is 28.1 Å². The van der Waals surface area contributed by atoms with Crippen molar-refractivity contribution in [2.45, 2.75) is 31.3 Å². The van der Waals surface area contributed by atoms with E-state index in [9.17, 15) is 5.11 Å². The first-order valence-corrected chi connectivity index (χ1v) is 5.48. The first-order chi connectivity index (χ1) is 6.25. The standard InChI is InChI=1S/C11H13BrO/c12-10-3-1-2-8(6-10)9-4-5-11(13)7-9/h1-3,6,9,11,13H,4-5,7H2/t9-,11+/m1/s1. The molecule has 1 aliphatic carbocycles. The van der Waals surface area contributed by atoms with Crippen molar-refractivity contribution in [3.63, 3.8) is 0 Å². The van der Waals surface area contributed by atoms with Crippen molar-refractivity contribution in [2.75, 3.05) is 0 Å². The summed E-state index contributed by atoms with van der Waals surface area (Å²) in [6.45, 7) is 0. The van der Waals surface area contributed by atoms with Crippen molar-refractivity contribution < 1.29 is 5.11 Å². The van der Waals surface area contributed by atoms with E-state index >= 15 is 0 Å². The number of hydrogen-bond acceptors (Lipinski definition) is 1. The van der Waals surface area contributed by atoms with Crippen LogP contribution in [-0.4, -0.2) is 11.2 Å². The van der Waals surface area contributed by atoms with Crippen molar-refractivity contribution in [3.05, 3.63) is 34.3 Å². The van der Waals surface area contributed by atoms with E-state index in [2.05, 4.69) is 34.1 Å². The molecule has 1 fully saturated rings. The summed E-state index contributed by atoms with van der Waals surface area (Å²) >= 11 is 3.46. The van der Waals surface area contributed by atoms with Crippen molar-refractivity contribution in [1.29, 1.82) is 0 Å². The molecule has 70 valence electrons. The summed E-state index contributed by atoms with van der Waals surface area (Å²) in [6, 6.07) is 8.40. The number of rotatable bonds is 1. The Morgan fingerprint density at radius 2 is 2.15 bits per heavy atom. The average Bonchev–Trinajstić information content (AvgIpc) is 2.52. The highest BCUT2D eigenvalue weighted by atomic mass is 79.9. The Labute approximate surface area is 86.9 Å². The van der Waals surface area contributed by atoms with E-state index in [0.717, 1.165) is 23.7 Å². The molecular weight excluding hydrogens is 228 g/mol. The molecule has 1 aliphatic rings. The SMILES string of the molecule is O[C@H]1CC[C@@H](c2cccc(Br)c2)C1. The van der Waals surface area contributed by atoms with Crippen LogP contribution in [0.3, 0.4) is 0 Å². The lowest BCUT2D eigenvalue weighted by molar-refractivity contribution is 0.181. The van der Waals surface area contributed by atoms with Gasteiger partial charge in [-0.25, -0.2) is 0 Å². The molecule has 0 unspecified atom stereocenters. The zero-order valence-corrected chi connectivity index (χ0v) is 9.00. The molecule has 1 aromatic rings. The van der Waals surface area contributed by atoms with Crippen LogP contribution in [0.2, 0.25) is 0 Å². The molecule has 0 amide bonds. The van der Waals surface area contributed by atoms with E-state index in [1.54, 1.807) is 0 Å². The van der Waals surface area contributed by atoms with Crippen LogP contribution < -0.4 is 0 Å². The van der Waals surface area contributed by atoms with Gasteiger partial charge in [-0.05, 0) is 42.9 Å². The molecule has 1 saturated carbocycles. The van der Waals surface area contributed by atoms with Crippen LogP contribution in [0.25, 0.3) is 0 Å². The molecule has 0 aliphatic heterocycles. The van der Waals surface area contributed by atoms with Gasteiger partial charge in [0.2, 0.25) is 0 Å². The quantitative estimate of drug-likeness (QED) is 0.801. The fourth-order valence-electron chi connectivity index (χ4n) is 2.02. The van der Waals surface area contributed by atoms with Gasteiger partial charge in [0.1, 0.15) is 0 Å². The summed E-state index contributed by atoms with van der Waals surface area (Å²) in [4.78, 5) is 0. The molecular formula is C11H13BrO. The Hall–Kier alpha value is -0.340. The maximum absolute atomic E-state index is 9.42. The second-order valence-corrected chi connectivity index (χ2v) is 4.63. The van der Waals surface area contributed by atoms with E-state index in [4.69, 9.17) is 0 Å². The number of aliphatic hydroxyl groups is 1. The van der Waals surface area contributed by atoms with Crippen LogP contribution in [0.1, 0.15) is 30.7 Å². The molecule has 2 atom stereocenters. The van der Waals surface area contributed by atoms with Crippen LogP contribution in [-0.2, 0) is 0 Å². The van der Waals surface area contributed by atoms with Crippen molar-refractivity contribution in [1.82, 2.24) is 0 Å². The molecule has 0 bridgehead atoms. The lowest BCUT2D eigenvalue weighted by Crippen LogP contribution is -1.99. The minimum atomic E-state index is -0.0796. The van der Waals surface area contributed by atoms with E-state index in [1.165, 1.54) is 5.56 Å². The van der Waals surface area contributed by atoms with Gasteiger partial charge in [-0.3, -0.25) is 0 Å². The molecule has 0 radical (unpaired) electrons. The van der Waals surface area contributed by atoms with Crippen LogP contribution in [0, 0.1) is 0 Å². The van der Waals surface area contributed by atoms with Gasteiger partial charge in [-0.15, -0.1) is 0 Å². The third-order valence-electron chi connectivity index (χ3n) is 2.73. The van der Waals surface area contributed by atoms with Gasteiger partial charge in [0.15, 0.2) is 0 Å². The summed E-state index contributed by atoms with van der Waals surface area (Å²) in [5, 5.41) is 9.42. The Balaban J connectivity index is 2.16. The predicted octanol–water partition coefficient (Wildman–Crippen LogP) is 3.08. The summed E-state index contributed by atoms with van der Waals surface area (Å²) in [5.74, 6) is 0.562. The van der Waals surface area contributed by atoms with Gasteiger partial charge in [-0.2, -0.15) is 0 Å². The van der Waals surface area contributed by atoms with Crippen molar-refractivity contribution in [3.8, 4) is 0 Å². The Morgan fingerprint density at radius 3 is 2.77 bits per heavy atom. The minimum Gasteiger partial charge on any atom is -0.393 e. The molecule has 1 N–H and O–H groups in total. The third kappa shape index (κ3) is 2.12. The highest BCUT2D eigenvalue weighted by Gasteiger charge is 2.23. The molecule has 0 aromatic heterocycles. The summed E-state index contributed by atoms with van der Waals surface area (Å²) in [5.41, 5.74) is 1.35. The molecule has 0 spiro atoms. The molecule has 2 rings (SSSR count). The third-order valence-corrected chi connectivity index (χ3v) is 3.22. The molecule has 0 heterocycles. The lowest BCUT2D eigenvalue weighted by Gasteiger charge is -2.09. The number of benzene rings is 1. The monoisotopic (exact) mass is 240 g/mol. The van der Waals surface area contributed by atoms with Crippen molar-refractivity contribution in [2.24, 2.45) is 0 Å². The van der Waals surface area contributed by atoms with Crippen LogP contribution in [0.4, 0.5) is 0 Å². The second-order valence-electron chi connectivity index (χ2n) is 3.72. The minimum absolute atomic E-state index is 0.0796. The van der Waals surface area contributed by atoms with Gasteiger partial charge < -0.3 is 5.11 Å². The zero-order chi connectivity index (χ0) is 9.26. The van der Waals surface area contributed by atoms with E-state index in [-0.39, 0.29) is 6.10 Å². The number of hydrogen-bond donors (Lipinski definition) is 1. The number of halogens is 1. The van der Waals surface area contributed by atoms with E-state index in [1.807, 2.05) is 6.07 Å². The summed E-state index contributed by atoms with van der Waals surface area (Å²) < 4.78 is 1.13. The molecule has 13 heavy (non-hydrogen) atoms. The van der Waals surface area contributed by atoms with Crippen LogP contribution in [0.5, 0.6) is 0 Å². The normalized spacial score (nSPS) is 27.8. The van der Waals surface area contributed by atoms with Crippen molar-refractivity contribution >= 4 is 15.9 Å². The van der Waals surface area contributed by atoms with Gasteiger partial charge in [0.25, 0.3) is 0 Å². The van der Waals surface area contributed by atoms with Gasteiger partial charge in [0, 0.05) is 4.47 Å². The van der Waals surface area contributed by atoms with E-state index < -0.39 is 0 Å². The maximum Gasteiger partial charge on any atom is 0.0546 e. The van der Waals surface area contributed by atoms with Crippen LogP contribution in [0.15, 0.2) is 28.7 Å². The Morgan fingerprint density at radius 1 is 1.31 bits per heavy atom. The lowest BCUT2D eigenvalue weighted by atomic mass is 9.98. The molecule has 2 heteroatoms. The fraction of sp³-hybridized carbons (Fsp3) is 0.455. The fourth-order valence-corrected chi connectivity index (χ4v) is 2.44. The van der Waals surface area contributed by atoms with Gasteiger partial charge in [0.05, 0.1) is 6.10 Å². The largest absolute Gasteiger partial charge is 0.393 e. The second kappa shape index (κ2) is 3.81. The van der Waals surface area contributed by atoms with Crippen LogP contribution >= 0.6 is 15.9 Å². The summed E-state index contributed by atoms with van der Waals surface area (Å²) in [6.07, 6.45) is 2.93. The average molecular weight is 241 g/mol. The predicted molar refractivity (Wildman–Crippen MR) is 56.7 cm³/mol. The molecule has 1 nitrogen and oxygen atoms in total. The zero-order valence-electron chi connectivity index (χ0n) is 7.41. The molecule has 1 aromatic carbocycles. The topological polar surface area (TPSA) is 20.2 Å². The highest BCUT2D eigenvalue weighted by molar-refractivity contribution is 9.10. The van der Waals surface area contributed by atoms with Gasteiger partial charge >= 0.3 is 0 Å². The first-order valence-electron chi connectivity index (χ1n) is 4.69. The smallest absolute Gasteiger partial charge is 0.0546 e. The first kappa shape index (κ1) is 9.22. The Kier molecular flexibility index (Phi) is 2.70. The molecule has 0 saturated heterocycles. The van der Waals surface area contributed by atoms with E-state index in [0.29, 0.717) is 5.92 Å². The highest BCUT2D eigenvalue weighted by Crippen LogP contribution is 2.35.